The SMILES string of the molecule is CCN1CC(C(=O)NCCn2nc(C(F)(F)F)cc2C)CC1=O. The van der Waals surface area contributed by atoms with Crippen LogP contribution in [0.2, 0.25) is 0 Å². The highest BCUT2D eigenvalue weighted by molar-refractivity contribution is 5.89. The smallest absolute Gasteiger partial charge is 0.354 e. The fourth-order valence-corrected chi connectivity index (χ4v) is 2.56. The Morgan fingerprint density at radius 1 is 1.48 bits per heavy atom. The molecule has 2 heterocycles. The van der Waals surface area contributed by atoms with Crippen LogP contribution in [0.1, 0.15) is 24.7 Å². The topological polar surface area (TPSA) is 67.2 Å². The molecule has 128 valence electrons. The summed E-state index contributed by atoms with van der Waals surface area (Å²) >= 11 is 0. The van der Waals surface area contributed by atoms with E-state index in [0.29, 0.717) is 18.8 Å². The van der Waals surface area contributed by atoms with Gasteiger partial charge in [-0.2, -0.15) is 18.3 Å². The predicted molar refractivity (Wildman–Crippen MR) is 75.3 cm³/mol. The average molecular weight is 332 g/mol. The maximum absolute atomic E-state index is 12.6. The quantitative estimate of drug-likeness (QED) is 0.881. The number of rotatable bonds is 5. The highest BCUT2D eigenvalue weighted by Crippen LogP contribution is 2.28. The third-order valence-corrected chi connectivity index (χ3v) is 3.86. The summed E-state index contributed by atoms with van der Waals surface area (Å²) in [6, 6.07) is 0.969. The summed E-state index contributed by atoms with van der Waals surface area (Å²) in [5, 5.41) is 6.14. The second-order valence-corrected chi connectivity index (χ2v) is 5.52. The lowest BCUT2D eigenvalue weighted by atomic mass is 10.1. The van der Waals surface area contributed by atoms with E-state index in [0.717, 1.165) is 6.07 Å². The first-order valence-electron chi connectivity index (χ1n) is 7.39. The maximum Gasteiger partial charge on any atom is 0.435 e. The minimum Gasteiger partial charge on any atom is -0.354 e. The zero-order valence-corrected chi connectivity index (χ0v) is 13.0. The molecular formula is C14H19F3N4O2. The molecule has 0 bridgehead atoms. The number of aromatic nitrogens is 2. The highest BCUT2D eigenvalue weighted by Gasteiger charge is 2.35. The Hall–Kier alpha value is -2.06. The van der Waals surface area contributed by atoms with Crippen molar-refractivity contribution >= 4 is 11.8 Å². The van der Waals surface area contributed by atoms with E-state index in [-0.39, 0.29) is 31.3 Å². The van der Waals surface area contributed by atoms with Crippen molar-refractivity contribution in [2.45, 2.75) is 33.0 Å². The summed E-state index contributed by atoms with van der Waals surface area (Å²) in [5.74, 6) is -0.701. The molecule has 6 nitrogen and oxygen atoms in total. The number of hydrogen-bond acceptors (Lipinski definition) is 3. The highest BCUT2D eigenvalue weighted by atomic mass is 19.4. The van der Waals surface area contributed by atoms with E-state index in [4.69, 9.17) is 0 Å². The molecule has 0 aliphatic carbocycles. The van der Waals surface area contributed by atoms with Crippen molar-refractivity contribution in [2.24, 2.45) is 5.92 Å². The molecular weight excluding hydrogens is 313 g/mol. The largest absolute Gasteiger partial charge is 0.435 e. The molecule has 0 radical (unpaired) electrons. The van der Waals surface area contributed by atoms with Gasteiger partial charge < -0.3 is 10.2 Å². The molecule has 1 saturated heterocycles. The minimum absolute atomic E-state index is 0.0506. The van der Waals surface area contributed by atoms with Crippen LogP contribution in [0.3, 0.4) is 0 Å². The Morgan fingerprint density at radius 3 is 2.70 bits per heavy atom. The molecule has 1 unspecified atom stereocenters. The van der Waals surface area contributed by atoms with Gasteiger partial charge in [-0.05, 0) is 19.9 Å². The molecule has 1 N–H and O–H groups in total. The molecule has 0 saturated carbocycles. The molecule has 1 fully saturated rings. The van der Waals surface area contributed by atoms with Gasteiger partial charge in [-0.15, -0.1) is 0 Å². The van der Waals surface area contributed by atoms with Crippen LogP contribution in [0.15, 0.2) is 6.07 Å². The van der Waals surface area contributed by atoms with Gasteiger partial charge in [0.25, 0.3) is 0 Å². The molecule has 9 heteroatoms. The molecule has 1 aliphatic rings. The zero-order chi connectivity index (χ0) is 17.2. The predicted octanol–water partition coefficient (Wildman–Crippen LogP) is 1.19. The van der Waals surface area contributed by atoms with Gasteiger partial charge in [0.1, 0.15) is 0 Å². The summed E-state index contributed by atoms with van der Waals surface area (Å²) in [4.78, 5) is 25.2. The Balaban J connectivity index is 1.85. The first kappa shape index (κ1) is 17.3. The number of aryl methyl sites for hydroxylation is 1. The molecule has 1 aliphatic heterocycles. The summed E-state index contributed by atoms with van der Waals surface area (Å²) in [7, 11) is 0. The van der Waals surface area contributed by atoms with Crippen LogP contribution in [0.4, 0.5) is 13.2 Å². The first-order valence-corrected chi connectivity index (χ1v) is 7.39. The molecule has 1 atom stereocenters. The van der Waals surface area contributed by atoms with Gasteiger partial charge in [0.05, 0.1) is 12.5 Å². The van der Waals surface area contributed by atoms with Gasteiger partial charge >= 0.3 is 6.18 Å². The molecule has 1 aromatic heterocycles. The molecule has 0 aromatic carbocycles. The molecule has 2 amide bonds. The van der Waals surface area contributed by atoms with Gasteiger partial charge in [-0.25, -0.2) is 0 Å². The maximum atomic E-state index is 12.6. The van der Waals surface area contributed by atoms with Gasteiger partial charge in [-0.1, -0.05) is 0 Å². The van der Waals surface area contributed by atoms with Gasteiger partial charge in [0.2, 0.25) is 11.8 Å². The van der Waals surface area contributed by atoms with Crippen LogP contribution in [0.25, 0.3) is 0 Å². The van der Waals surface area contributed by atoms with Crippen molar-refractivity contribution in [2.75, 3.05) is 19.6 Å². The Morgan fingerprint density at radius 2 is 2.17 bits per heavy atom. The lowest BCUT2D eigenvalue weighted by Gasteiger charge is -2.13. The zero-order valence-electron chi connectivity index (χ0n) is 13.0. The monoisotopic (exact) mass is 332 g/mol. The fraction of sp³-hybridized carbons (Fsp3) is 0.643. The van der Waals surface area contributed by atoms with E-state index in [9.17, 15) is 22.8 Å². The number of nitrogens with one attached hydrogen (secondary N) is 1. The van der Waals surface area contributed by atoms with Crippen molar-refractivity contribution in [3.8, 4) is 0 Å². The second kappa shape index (κ2) is 6.59. The van der Waals surface area contributed by atoms with Crippen LogP contribution in [-0.4, -0.2) is 46.1 Å². The van der Waals surface area contributed by atoms with E-state index < -0.39 is 17.8 Å². The normalized spacial score (nSPS) is 18.6. The van der Waals surface area contributed by atoms with E-state index in [2.05, 4.69) is 10.4 Å². The number of nitrogens with zero attached hydrogens (tertiary/aromatic N) is 3. The summed E-state index contributed by atoms with van der Waals surface area (Å²) < 4.78 is 38.9. The number of likely N-dealkylation sites (tertiary alicyclic amines) is 1. The fourth-order valence-electron chi connectivity index (χ4n) is 2.56. The number of amides is 2. The van der Waals surface area contributed by atoms with Crippen molar-refractivity contribution in [3.63, 3.8) is 0 Å². The summed E-state index contributed by atoms with van der Waals surface area (Å²) in [6.07, 6.45) is -4.30. The summed E-state index contributed by atoms with van der Waals surface area (Å²) in [6.45, 7) is 4.63. The van der Waals surface area contributed by atoms with Crippen LogP contribution >= 0.6 is 0 Å². The van der Waals surface area contributed by atoms with Crippen LogP contribution in [0, 0.1) is 12.8 Å². The first-order chi connectivity index (χ1) is 10.7. The lowest BCUT2D eigenvalue weighted by Crippen LogP contribution is -2.35. The Labute approximate surface area is 131 Å². The third-order valence-electron chi connectivity index (χ3n) is 3.86. The van der Waals surface area contributed by atoms with Gasteiger partial charge in [-0.3, -0.25) is 14.3 Å². The van der Waals surface area contributed by atoms with E-state index in [1.54, 1.807) is 4.90 Å². The van der Waals surface area contributed by atoms with Crippen molar-refractivity contribution < 1.29 is 22.8 Å². The number of carbonyl (C=O) groups excluding carboxylic acids is 2. The average Bonchev–Trinajstić information content (AvgIpc) is 3.02. The van der Waals surface area contributed by atoms with E-state index in [1.165, 1.54) is 11.6 Å². The molecule has 0 spiro atoms. The number of halogens is 3. The van der Waals surface area contributed by atoms with Gasteiger partial charge in [0, 0.05) is 31.7 Å². The standard InChI is InChI=1S/C14H19F3N4O2/c1-3-20-8-10(7-12(20)22)13(23)18-4-5-21-9(2)6-11(19-21)14(15,16)17/h6,10H,3-5,7-8H2,1-2H3,(H,18,23). The third kappa shape index (κ3) is 4.02. The van der Waals surface area contributed by atoms with E-state index >= 15 is 0 Å². The minimum atomic E-state index is -4.48. The van der Waals surface area contributed by atoms with Crippen LogP contribution in [0.5, 0.6) is 0 Å². The van der Waals surface area contributed by atoms with Crippen molar-refractivity contribution in [3.05, 3.63) is 17.5 Å². The Bertz CT molecular complexity index is 597. The number of alkyl halides is 3. The number of carbonyl (C=O) groups is 2. The van der Waals surface area contributed by atoms with Gasteiger partial charge in [0.15, 0.2) is 5.69 Å². The van der Waals surface area contributed by atoms with Crippen LogP contribution in [-0.2, 0) is 22.3 Å². The van der Waals surface area contributed by atoms with E-state index in [1.807, 2.05) is 6.92 Å². The van der Waals surface area contributed by atoms with Crippen molar-refractivity contribution in [1.29, 1.82) is 0 Å². The molecule has 23 heavy (non-hydrogen) atoms. The van der Waals surface area contributed by atoms with Crippen molar-refractivity contribution in [1.82, 2.24) is 20.0 Å². The molecule has 1 aromatic rings. The summed E-state index contributed by atoms with van der Waals surface area (Å²) in [5.41, 5.74) is -0.568. The van der Waals surface area contributed by atoms with Crippen LogP contribution < -0.4 is 5.32 Å². The molecule has 2 rings (SSSR count). The Kier molecular flexibility index (Phi) is 4.96. The second-order valence-electron chi connectivity index (χ2n) is 5.52. The lowest BCUT2D eigenvalue weighted by molar-refractivity contribution is -0.141. The number of hydrogen-bond donors (Lipinski definition) is 1.